The number of benzene rings is 2. The molecular weight excluding hydrogens is 376 g/mol. The molecule has 0 radical (unpaired) electrons. The Morgan fingerprint density at radius 3 is 2.17 bits per heavy atom. The maximum Gasteiger partial charge on any atom is 0.265 e. The number of amides is 2. The lowest BCUT2D eigenvalue weighted by Gasteiger charge is -2.21. The Morgan fingerprint density at radius 2 is 1.60 bits per heavy atom. The molecule has 0 aliphatic carbocycles. The SMILES string of the molecule is CC[C@H](Oc1ccc(C(C)(C)C)cc1)C(=O)Nc1ccccc1C(=O)N[C@@H](C)CC. The van der Waals surface area contributed by atoms with Crippen LogP contribution in [0.25, 0.3) is 0 Å². The summed E-state index contributed by atoms with van der Waals surface area (Å²) < 4.78 is 5.94. The Kier molecular flexibility index (Phi) is 8.04. The number of carbonyl (C=O) groups is 2. The topological polar surface area (TPSA) is 67.4 Å². The number of hydrogen-bond acceptors (Lipinski definition) is 3. The van der Waals surface area contributed by atoms with Crippen molar-refractivity contribution in [3.63, 3.8) is 0 Å². The molecule has 5 heteroatoms. The predicted octanol–water partition coefficient (Wildman–Crippen LogP) is 5.31. The van der Waals surface area contributed by atoms with Gasteiger partial charge in [-0.25, -0.2) is 0 Å². The monoisotopic (exact) mass is 410 g/mol. The second-order valence-electron chi connectivity index (χ2n) is 8.61. The standard InChI is InChI=1S/C25H34N2O3/c1-7-17(3)26-23(28)20-11-9-10-12-21(20)27-24(29)22(8-2)30-19-15-13-18(14-16-19)25(4,5)6/h9-17,22H,7-8H2,1-6H3,(H,26,28)(H,27,29)/t17-,22-/m0/s1. The van der Waals surface area contributed by atoms with Crippen molar-refractivity contribution in [3.05, 3.63) is 59.7 Å². The molecule has 0 saturated carbocycles. The van der Waals surface area contributed by atoms with Crippen LogP contribution in [0.15, 0.2) is 48.5 Å². The molecule has 0 aromatic heterocycles. The van der Waals surface area contributed by atoms with Gasteiger partial charge in [0.15, 0.2) is 6.10 Å². The third-order valence-corrected chi connectivity index (χ3v) is 5.08. The minimum absolute atomic E-state index is 0.0552. The summed E-state index contributed by atoms with van der Waals surface area (Å²) in [7, 11) is 0. The molecule has 2 aromatic rings. The van der Waals surface area contributed by atoms with Crippen molar-refractivity contribution in [1.29, 1.82) is 0 Å². The van der Waals surface area contributed by atoms with Gasteiger partial charge in [-0.1, -0.05) is 58.9 Å². The third-order valence-electron chi connectivity index (χ3n) is 5.08. The van der Waals surface area contributed by atoms with Gasteiger partial charge in [0.25, 0.3) is 11.8 Å². The zero-order chi connectivity index (χ0) is 22.3. The van der Waals surface area contributed by atoms with Crippen molar-refractivity contribution >= 4 is 17.5 Å². The van der Waals surface area contributed by atoms with Crippen LogP contribution in [-0.2, 0) is 10.2 Å². The van der Waals surface area contributed by atoms with Gasteiger partial charge in [0.05, 0.1) is 11.3 Å². The van der Waals surface area contributed by atoms with Crippen LogP contribution >= 0.6 is 0 Å². The average Bonchev–Trinajstić information content (AvgIpc) is 2.71. The van der Waals surface area contributed by atoms with Gasteiger partial charge in [0.2, 0.25) is 0 Å². The highest BCUT2D eigenvalue weighted by molar-refractivity contribution is 6.04. The van der Waals surface area contributed by atoms with Gasteiger partial charge in [0, 0.05) is 6.04 Å². The summed E-state index contributed by atoms with van der Waals surface area (Å²) in [6.07, 6.45) is 0.685. The van der Waals surface area contributed by atoms with Crippen molar-refractivity contribution in [3.8, 4) is 5.75 Å². The maximum absolute atomic E-state index is 12.9. The number of anilines is 1. The molecule has 0 fully saturated rings. The fraction of sp³-hybridized carbons (Fsp3) is 0.440. The number of para-hydroxylation sites is 1. The minimum Gasteiger partial charge on any atom is -0.481 e. The molecular formula is C25H34N2O3. The summed E-state index contributed by atoms with van der Waals surface area (Å²) >= 11 is 0. The van der Waals surface area contributed by atoms with Gasteiger partial charge < -0.3 is 15.4 Å². The van der Waals surface area contributed by atoms with Crippen LogP contribution in [0.1, 0.15) is 70.3 Å². The van der Waals surface area contributed by atoms with E-state index >= 15 is 0 Å². The Balaban J connectivity index is 2.11. The number of rotatable bonds is 8. The Bertz CT molecular complexity index is 853. The molecule has 5 nitrogen and oxygen atoms in total. The van der Waals surface area contributed by atoms with Gasteiger partial charge in [-0.15, -0.1) is 0 Å². The van der Waals surface area contributed by atoms with E-state index in [1.54, 1.807) is 24.3 Å². The first-order valence-electron chi connectivity index (χ1n) is 10.6. The summed E-state index contributed by atoms with van der Waals surface area (Å²) in [6.45, 7) is 12.3. The fourth-order valence-electron chi connectivity index (χ4n) is 2.93. The predicted molar refractivity (Wildman–Crippen MR) is 122 cm³/mol. The van der Waals surface area contributed by atoms with Crippen LogP contribution in [-0.4, -0.2) is 24.0 Å². The molecule has 0 bridgehead atoms. The van der Waals surface area contributed by atoms with Crippen molar-refractivity contribution in [1.82, 2.24) is 5.32 Å². The summed E-state index contributed by atoms with van der Waals surface area (Å²) in [5, 5.41) is 5.80. The van der Waals surface area contributed by atoms with E-state index in [1.807, 2.05) is 45.0 Å². The van der Waals surface area contributed by atoms with Gasteiger partial charge in [-0.3, -0.25) is 9.59 Å². The molecule has 2 amide bonds. The van der Waals surface area contributed by atoms with Gasteiger partial charge in [-0.2, -0.15) is 0 Å². The molecule has 2 N–H and O–H groups in total. The minimum atomic E-state index is -0.656. The quantitative estimate of drug-likeness (QED) is 0.620. The van der Waals surface area contributed by atoms with E-state index < -0.39 is 6.10 Å². The van der Waals surface area contributed by atoms with E-state index in [1.165, 1.54) is 5.56 Å². The Hall–Kier alpha value is -2.82. The molecule has 0 heterocycles. The van der Waals surface area contributed by atoms with Gasteiger partial charge >= 0.3 is 0 Å². The molecule has 2 rings (SSSR count). The molecule has 0 spiro atoms. The first-order valence-corrected chi connectivity index (χ1v) is 10.6. The van der Waals surface area contributed by atoms with Crippen LogP contribution in [0.3, 0.4) is 0 Å². The molecule has 0 aliphatic rings. The summed E-state index contributed by atoms with van der Waals surface area (Å²) in [4.78, 5) is 25.4. The summed E-state index contributed by atoms with van der Waals surface area (Å²) in [5.74, 6) is 0.168. The molecule has 2 aromatic carbocycles. The zero-order valence-corrected chi connectivity index (χ0v) is 18.9. The molecule has 162 valence electrons. The second kappa shape index (κ2) is 10.3. The van der Waals surface area contributed by atoms with Crippen molar-refractivity contribution in [2.24, 2.45) is 0 Å². The highest BCUT2D eigenvalue weighted by Gasteiger charge is 2.22. The van der Waals surface area contributed by atoms with E-state index in [0.717, 1.165) is 6.42 Å². The van der Waals surface area contributed by atoms with E-state index in [-0.39, 0.29) is 23.3 Å². The average molecular weight is 411 g/mol. The van der Waals surface area contributed by atoms with E-state index in [0.29, 0.717) is 23.4 Å². The lowest BCUT2D eigenvalue weighted by molar-refractivity contribution is -0.122. The van der Waals surface area contributed by atoms with Gasteiger partial charge in [-0.05, 0) is 55.0 Å². The van der Waals surface area contributed by atoms with Crippen LogP contribution in [0, 0.1) is 0 Å². The normalized spacial score (nSPS) is 13.3. The number of ether oxygens (including phenoxy) is 1. The van der Waals surface area contributed by atoms with Crippen LogP contribution in [0.2, 0.25) is 0 Å². The lowest BCUT2D eigenvalue weighted by Crippen LogP contribution is -2.35. The highest BCUT2D eigenvalue weighted by atomic mass is 16.5. The highest BCUT2D eigenvalue weighted by Crippen LogP contribution is 2.25. The third kappa shape index (κ3) is 6.34. The van der Waals surface area contributed by atoms with Crippen molar-refractivity contribution in [2.75, 3.05) is 5.32 Å². The largest absolute Gasteiger partial charge is 0.481 e. The smallest absolute Gasteiger partial charge is 0.265 e. The first-order chi connectivity index (χ1) is 14.2. The first kappa shape index (κ1) is 23.5. The molecule has 2 atom stereocenters. The molecule has 0 unspecified atom stereocenters. The number of nitrogens with one attached hydrogen (secondary N) is 2. The molecule has 0 aliphatic heterocycles. The van der Waals surface area contributed by atoms with Crippen LogP contribution in [0.4, 0.5) is 5.69 Å². The van der Waals surface area contributed by atoms with E-state index in [9.17, 15) is 9.59 Å². The molecule has 30 heavy (non-hydrogen) atoms. The zero-order valence-electron chi connectivity index (χ0n) is 18.9. The fourth-order valence-corrected chi connectivity index (χ4v) is 2.93. The van der Waals surface area contributed by atoms with Crippen molar-refractivity contribution < 1.29 is 14.3 Å². The van der Waals surface area contributed by atoms with E-state index in [4.69, 9.17) is 4.74 Å². The Morgan fingerprint density at radius 1 is 0.967 bits per heavy atom. The van der Waals surface area contributed by atoms with Crippen molar-refractivity contribution in [2.45, 2.75) is 71.9 Å². The summed E-state index contributed by atoms with van der Waals surface area (Å²) in [5.41, 5.74) is 2.18. The number of hydrogen-bond donors (Lipinski definition) is 2. The lowest BCUT2D eigenvalue weighted by atomic mass is 9.87. The Labute approximate surface area is 180 Å². The van der Waals surface area contributed by atoms with Crippen LogP contribution < -0.4 is 15.4 Å². The summed E-state index contributed by atoms with van der Waals surface area (Å²) in [6, 6.07) is 14.9. The maximum atomic E-state index is 12.9. The molecule has 0 saturated heterocycles. The van der Waals surface area contributed by atoms with Crippen LogP contribution in [0.5, 0.6) is 5.75 Å². The number of carbonyl (C=O) groups excluding carboxylic acids is 2. The van der Waals surface area contributed by atoms with E-state index in [2.05, 4.69) is 31.4 Å². The van der Waals surface area contributed by atoms with Gasteiger partial charge in [0.1, 0.15) is 5.75 Å². The second-order valence-corrected chi connectivity index (χ2v) is 8.61.